The van der Waals surface area contributed by atoms with Crippen molar-refractivity contribution in [3.63, 3.8) is 0 Å². The van der Waals surface area contributed by atoms with Crippen LogP contribution in [0.25, 0.3) is 0 Å². The molecule has 0 spiro atoms. The third-order valence-corrected chi connectivity index (χ3v) is 4.91. The van der Waals surface area contributed by atoms with E-state index in [-0.39, 0.29) is 0 Å². The van der Waals surface area contributed by atoms with Gasteiger partial charge in [-0.05, 0) is 38.0 Å². The number of unbranched alkanes of at least 4 members (excludes halogenated alkanes) is 1. The molecule has 21 heavy (non-hydrogen) atoms. The summed E-state index contributed by atoms with van der Waals surface area (Å²) in [4.78, 5) is 1.33. The molecule has 0 bridgehead atoms. The summed E-state index contributed by atoms with van der Waals surface area (Å²) in [5.74, 6) is 2.87. The predicted octanol–water partition coefficient (Wildman–Crippen LogP) is 4.24. The molecule has 118 valence electrons. The van der Waals surface area contributed by atoms with E-state index in [0.29, 0.717) is 19.3 Å². The molecule has 1 aliphatic heterocycles. The van der Waals surface area contributed by atoms with Crippen LogP contribution < -0.4 is 14.8 Å². The highest BCUT2D eigenvalue weighted by Crippen LogP contribution is 2.37. The number of ether oxygens (including phenoxy) is 2. The van der Waals surface area contributed by atoms with Gasteiger partial charge in [-0.1, -0.05) is 19.8 Å². The van der Waals surface area contributed by atoms with Crippen LogP contribution in [0.4, 0.5) is 0 Å². The molecule has 0 fully saturated rings. The van der Waals surface area contributed by atoms with Crippen molar-refractivity contribution >= 4 is 11.8 Å². The molecular weight excluding hydrogens is 282 g/mol. The molecular formula is C17H27NO2S. The first-order valence-corrected chi connectivity index (χ1v) is 9.05. The SMILES string of the molecule is CCCCC1CSc2cc(OCC)c(OCC)cc2CN1. The lowest BCUT2D eigenvalue weighted by Crippen LogP contribution is -2.29. The van der Waals surface area contributed by atoms with Gasteiger partial charge in [0.05, 0.1) is 13.2 Å². The van der Waals surface area contributed by atoms with Crippen molar-refractivity contribution in [2.45, 2.75) is 57.5 Å². The summed E-state index contributed by atoms with van der Waals surface area (Å²) in [6.45, 7) is 8.52. The maximum absolute atomic E-state index is 5.73. The Morgan fingerprint density at radius 1 is 1.14 bits per heavy atom. The fraction of sp³-hybridized carbons (Fsp3) is 0.647. The zero-order chi connectivity index (χ0) is 15.1. The van der Waals surface area contributed by atoms with Crippen molar-refractivity contribution in [3.8, 4) is 11.5 Å². The summed E-state index contributed by atoms with van der Waals surface area (Å²) in [5.41, 5.74) is 1.32. The fourth-order valence-electron chi connectivity index (χ4n) is 2.53. The molecule has 0 aromatic heterocycles. The fourth-order valence-corrected chi connectivity index (χ4v) is 3.70. The van der Waals surface area contributed by atoms with Gasteiger partial charge < -0.3 is 14.8 Å². The standard InChI is InChI=1S/C17H27NO2S/c1-4-7-8-14-12-21-17-10-16(20-6-3)15(19-5-2)9-13(17)11-18-14/h9-10,14,18H,4-8,11-12H2,1-3H3. The van der Waals surface area contributed by atoms with Crippen LogP contribution in [0.15, 0.2) is 17.0 Å². The van der Waals surface area contributed by atoms with Crippen molar-refractivity contribution in [3.05, 3.63) is 17.7 Å². The average Bonchev–Trinajstić information content (AvgIpc) is 2.68. The summed E-state index contributed by atoms with van der Waals surface area (Å²) >= 11 is 1.94. The summed E-state index contributed by atoms with van der Waals surface area (Å²) in [5, 5.41) is 3.68. The molecule has 3 nitrogen and oxygen atoms in total. The van der Waals surface area contributed by atoms with E-state index in [0.717, 1.165) is 23.8 Å². The average molecular weight is 309 g/mol. The second-order valence-corrected chi connectivity index (χ2v) is 6.37. The number of nitrogens with one attached hydrogen (secondary N) is 1. The van der Waals surface area contributed by atoms with Gasteiger partial charge in [0.15, 0.2) is 11.5 Å². The minimum absolute atomic E-state index is 0.605. The highest BCUT2D eigenvalue weighted by Gasteiger charge is 2.18. The van der Waals surface area contributed by atoms with Crippen LogP contribution in [0.2, 0.25) is 0 Å². The summed E-state index contributed by atoms with van der Waals surface area (Å²) in [7, 11) is 0. The normalized spacial score (nSPS) is 18.0. The second kappa shape index (κ2) is 8.54. The minimum Gasteiger partial charge on any atom is -0.490 e. The molecule has 1 N–H and O–H groups in total. The highest BCUT2D eigenvalue weighted by molar-refractivity contribution is 7.99. The third kappa shape index (κ3) is 4.55. The van der Waals surface area contributed by atoms with Crippen LogP contribution >= 0.6 is 11.8 Å². The van der Waals surface area contributed by atoms with Crippen LogP contribution in [0, 0.1) is 0 Å². The number of hydrogen-bond donors (Lipinski definition) is 1. The second-order valence-electron chi connectivity index (χ2n) is 5.30. The summed E-state index contributed by atoms with van der Waals surface area (Å²) in [6.07, 6.45) is 3.82. The minimum atomic E-state index is 0.605. The van der Waals surface area contributed by atoms with Crippen molar-refractivity contribution in [2.75, 3.05) is 19.0 Å². The predicted molar refractivity (Wildman–Crippen MR) is 89.7 cm³/mol. The van der Waals surface area contributed by atoms with Gasteiger partial charge in [-0.2, -0.15) is 0 Å². The molecule has 0 saturated carbocycles. The van der Waals surface area contributed by atoms with E-state index in [1.165, 1.54) is 29.7 Å². The van der Waals surface area contributed by atoms with Gasteiger partial charge in [-0.25, -0.2) is 0 Å². The van der Waals surface area contributed by atoms with Gasteiger partial charge in [0.2, 0.25) is 0 Å². The van der Waals surface area contributed by atoms with Crippen LogP contribution in [0.3, 0.4) is 0 Å². The van der Waals surface area contributed by atoms with E-state index < -0.39 is 0 Å². The van der Waals surface area contributed by atoms with Gasteiger partial charge >= 0.3 is 0 Å². The molecule has 0 amide bonds. The Morgan fingerprint density at radius 3 is 2.52 bits per heavy atom. The van der Waals surface area contributed by atoms with E-state index in [9.17, 15) is 0 Å². The lowest BCUT2D eigenvalue weighted by atomic mass is 10.1. The largest absolute Gasteiger partial charge is 0.490 e. The molecule has 1 aromatic carbocycles. The Morgan fingerprint density at radius 2 is 1.86 bits per heavy atom. The molecule has 2 rings (SSSR count). The van der Waals surface area contributed by atoms with Gasteiger partial charge in [0.1, 0.15) is 0 Å². The third-order valence-electron chi connectivity index (χ3n) is 3.65. The molecule has 1 heterocycles. The Labute approximate surface area is 132 Å². The van der Waals surface area contributed by atoms with Crippen LogP contribution in [0.5, 0.6) is 11.5 Å². The van der Waals surface area contributed by atoms with Crippen LogP contribution in [-0.2, 0) is 6.54 Å². The molecule has 0 radical (unpaired) electrons. The van der Waals surface area contributed by atoms with E-state index >= 15 is 0 Å². The smallest absolute Gasteiger partial charge is 0.162 e. The molecule has 1 aliphatic rings. The van der Waals surface area contributed by atoms with Crippen molar-refractivity contribution in [2.24, 2.45) is 0 Å². The first-order chi connectivity index (χ1) is 10.3. The Kier molecular flexibility index (Phi) is 6.71. The van der Waals surface area contributed by atoms with E-state index in [2.05, 4.69) is 24.4 Å². The molecule has 1 atom stereocenters. The molecule has 0 aliphatic carbocycles. The van der Waals surface area contributed by atoms with Crippen LogP contribution in [-0.4, -0.2) is 25.0 Å². The number of fused-ring (bicyclic) bond motifs is 1. The van der Waals surface area contributed by atoms with Crippen molar-refractivity contribution < 1.29 is 9.47 Å². The van der Waals surface area contributed by atoms with Gasteiger partial charge in [-0.3, -0.25) is 0 Å². The number of thioether (sulfide) groups is 1. The van der Waals surface area contributed by atoms with Crippen molar-refractivity contribution in [1.29, 1.82) is 0 Å². The van der Waals surface area contributed by atoms with Crippen molar-refractivity contribution in [1.82, 2.24) is 5.32 Å². The molecule has 1 unspecified atom stereocenters. The first-order valence-electron chi connectivity index (χ1n) is 8.07. The Hall–Kier alpha value is -0.870. The molecule has 0 saturated heterocycles. The summed E-state index contributed by atoms with van der Waals surface area (Å²) < 4.78 is 11.5. The lowest BCUT2D eigenvalue weighted by Gasteiger charge is -2.15. The van der Waals surface area contributed by atoms with E-state index in [4.69, 9.17) is 9.47 Å². The van der Waals surface area contributed by atoms with E-state index in [1.54, 1.807) is 0 Å². The number of rotatable bonds is 7. The molecule has 4 heteroatoms. The number of benzene rings is 1. The van der Waals surface area contributed by atoms with Gasteiger partial charge in [-0.15, -0.1) is 11.8 Å². The quantitative estimate of drug-likeness (QED) is 0.816. The topological polar surface area (TPSA) is 30.5 Å². The zero-order valence-electron chi connectivity index (χ0n) is 13.4. The summed E-state index contributed by atoms with van der Waals surface area (Å²) in [6, 6.07) is 4.90. The molecule has 1 aromatic rings. The van der Waals surface area contributed by atoms with E-state index in [1.807, 2.05) is 25.6 Å². The zero-order valence-corrected chi connectivity index (χ0v) is 14.2. The number of hydrogen-bond acceptors (Lipinski definition) is 4. The monoisotopic (exact) mass is 309 g/mol. The van der Waals surface area contributed by atoms with Gasteiger partial charge in [0.25, 0.3) is 0 Å². The maximum atomic E-state index is 5.73. The maximum Gasteiger partial charge on any atom is 0.162 e. The Bertz CT molecular complexity index is 414. The van der Waals surface area contributed by atoms with Crippen LogP contribution in [0.1, 0.15) is 45.6 Å². The first kappa shape index (κ1) is 16.5. The van der Waals surface area contributed by atoms with Gasteiger partial charge in [0, 0.05) is 23.2 Å². The Balaban J connectivity index is 2.14. The lowest BCUT2D eigenvalue weighted by molar-refractivity contribution is 0.286. The highest BCUT2D eigenvalue weighted by atomic mass is 32.2.